The molecule has 2 atom stereocenters. The zero-order chi connectivity index (χ0) is 12.5. The van der Waals surface area contributed by atoms with Gasteiger partial charge in [-0.2, -0.15) is 0 Å². The summed E-state index contributed by atoms with van der Waals surface area (Å²) in [5.41, 5.74) is 2.64. The highest BCUT2D eigenvalue weighted by molar-refractivity contribution is 5.18. The molecule has 0 aromatic rings. The van der Waals surface area contributed by atoms with Gasteiger partial charge in [-0.15, -0.1) is 0 Å². The number of hydrogen-bond donors (Lipinski definition) is 0. The van der Waals surface area contributed by atoms with Crippen molar-refractivity contribution in [1.82, 2.24) is 4.90 Å². The van der Waals surface area contributed by atoms with Gasteiger partial charge < -0.3 is 4.90 Å². The van der Waals surface area contributed by atoms with E-state index in [9.17, 15) is 0 Å². The summed E-state index contributed by atoms with van der Waals surface area (Å²) in [5.74, 6) is 2.19. The highest BCUT2D eigenvalue weighted by Gasteiger charge is 2.36. The molecule has 0 saturated heterocycles. The van der Waals surface area contributed by atoms with Crippen molar-refractivity contribution >= 4 is 0 Å². The Bertz CT molecular complexity index is 275. The van der Waals surface area contributed by atoms with Crippen LogP contribution in [0.3, 0.4) is 0 Å². The second-order valence-electron chi connectivity index (χ2n) is 5.84. The van der Waals surface area contributed by atoms with E-state index in [1.54, 1.807) is 0 Å². The van der Waals surface area contributed by atoms with Crippen LogP contribution >= 0.6 is 0 Å². The quantitative estimate of drug-likeness (QED) is 0.632. The Hall–Kier alpha value is -0.720. The molecule has 1 nitrogen and oxygen atoms in total. The van der Waals surface area contributed by atoms with Crippen molar-refractivity contribution in [3.05, 3.63) is 24.4 Å². The molecule has 0 heterocycles. The van der Waals surface area contributed by atoms with Crippen LogP contribution in [-0.4, -0.2) is 17.5 Å². The van der Waals surface area contributed by atoms with E-state index in [4.69, 9.17) is 0 Å². The van der Waals surface area contributed by atoms with Crippen LogP contribution in [0.5, 0.6) is 0 Å². The second kappa shape index (κ2) is 5.07. The summed E-state index contributed by atoms with van der Waals surface area (Å²) in [7, 11) is 0. The smallest absolute Gasteiger partial charge is 0.0243 e. The highest BCUT2D eigenvalue weighted by Crippen LogP contribution is 2.43. The van der Waals surface area contributed by atoms with Gasteiger partial charge in [0.1, 0.15) is 0 Å². The Balaban J connectivity index is 2.51. The van der Waals surface area contributed by atoms with E-state index in [0.29, 0.717) is 12.0 Å². The molecule has 0 bridgehead atoms. The molecule has 92 valence electrons. The van der Waals surface area contributed by atoms with Crippen molar-refractivity contribution in [2.24, 2.45) is 17.8 Å². The monoisotopic (exact) mass is 221 g/mol. The summed E-state index contributed by atoms with van der Waals surface area (Å²) in [6.07, 6.45) is 1.31. The molecule has 0 aliphatic heterocycles. The van der Waals surface area contributed by atoms with Crippen LogP contribution in [0.2, 0.25) is 0 Å². The molecule has 0 aromatic carbocycles. The molecule has 1 rings (SSSR count). The van der Waals surface area contributed by atoms with Crippen molar-refractivity contribution in [3.63, 3.8) is 0 Å². The minimum absolute atomic E-state index is 0.545. The van der Waals surface area contributed by atoms with Crippen LogP contribution in [0, 0.1) is 17.8 Å². The number of nitrogens with zero attached hydrogens (tertiary/aromatic N) is 1. The van der Waals surface area contributed by atoms with Crippen molar-refractivity contribution < 1.29 is 0 Å². The fraction of sp³-hybridized carbons (Fsp3) is 0.733. The molecular weight excluding hydrogens is 194 g/mol. The Morgan fingerprint density at radius 1 is 1.38 bits per heavy atom. The fourth-order valence-corrected chi connectivity index (χ4v) is 2.69. The third-order valence-corrected chi connectivity index (χ3v) is 3.87. The largest absolute Gasteiger partial charge is 0.372 e. The van der Waals surface area contributed by atoms with Gasteiger partial charge in [-0.1, -0.05) is 32.6 Å². The first-order chi connectivity index (χ1) is 7.34. The molecule has 2 unspecified atom stereocenters. The third kappa shape index (κ3) is 2.69. The summed E-state index contributed by atoms with van der Waals surface area (Å²) < 4.78 is 0. The lowest BCUT2D eigenvalue weighted by Gasteiger charge is -2.45. The molecule has 0 aromatic heterocycles. The molecule has 0 amide bonds. The van der Waals surface area contributed by atoms with Crippen molar-refractivity contribution in [3.8, 4) is 0 Å². The van der Waals surface area contributed by atoms with Gasteiger partial charge in [0.2, 0.25) is 0 Å². The van der Waals surface area contributed by atoms with Crippen LogP contribution in [-0.2, 0) is 0 Å². The van der Waals surface area contributed by atoms with Gasteiger partial charge in [0.15, 0.2) is 0 Å². The maximum atomic E-state index is 4.26. The predicted molar refractivity (Wildman–Crippen MR) is 72.2 cm³/mol. The van der Waals surface area contributed by atoms with Gasteiger partial charge in [0, 0.05) is 18.3 Å². The standard InChI is InChI=1S/C15H27N/c1-10(2)15-8-14(13(15)7)9-16(11(3)4)12(5)6/h10,12,14-15H,3,7-9H2,1-2,4-6H3. The molecule has 1 heteroatoms. The van der Waals surface area contributed by atoms with Crippen LogP contribution in [0.4, 0.5) is 0 Å². The lowest BCUT2D eigenvalue weighted by molar-refractivity contribution is 0.172. The summed E-state index contributed by atoms with van der Waals surface area (Å²) in [6.45, 7) is 20.6. The SMILES string of the molecule is C=C1C(CN(C(=C)C)C(C)C)CC1C(C)C. The highest BCUT2D eigenvalue weighted by atomic mass is 15.2. The average molecular weight is 221 g/mol. The summed E-state index contributed by atoms with van der Waals surface area (Å²) in [6, 6.07) is 0.545. The van der Waals surface area contributed by atoms with E-state index >= 15 is 0 Å². The van der Waals surface area contributed by atoms with E-state index in [0.717, 1.165) is 18.4 Å². The lowest BCUT2D eigenvalue weighted by atomic mass is 9.65. The number of allylic oxidation sites excluding steroid dienone is 1. The van der Waals surface area contributed by atoms with Gasteiger partial charge in [-0.25, -0.2) is 0 Å². The second-order valence-corrected chi connectivity index (χ2v) is 5.84. The van der Waals surface area contributed by atoms with E-state index in [-0.39, 0.29) is 0 Å². The molecule has 16 heavy (non-hydrogen) atoms. The van der Waals surface area contributed by atoms with Gasteiger partial charge in [-0.05, 0) is 44.9 Å². The summed E-state index contributed by atoms with van der Waals surface area (Å²) in [5, 5.41) is 0. The lowest BCUT2D eigenvalue weighted by Crippen LogP contribution is -2.41. The minimum atomic E-state index is 0.545. The van der Waals surface area contributed by atoms with Crippen LogP contribution < -0.4 is 0 Å². The normalized spacial score (nSPS) is 24.8. The van der Waals surface area contributed by atoms with Crippen LogP contribution in [0.1, 0.15) is 41.0 Å². The van der Waals surface area contributed by atoms with Crippen molar-refractivity contribution in [2.75, 3.05) is 6.54 Å². The van der Waals surface area contributed by atoms with Crippen LogP contribution in [0.15, 0.2) is 24.4 Å². The molecule has 0 spiro atoms. The van der Waals surface area contributed by atoms with Gasteiger partial charge in [-0.3, -0.25) is 0 Å². The third-order valence-electron chi connectivity index (χ3n) is 3.87. The number of rotatable bonds is 5. The molecule has 0 radical (unpaired) electrons. The van der Waals surface area contributed by atoms with Gasteiger partial charge in [0.25, 0.3) is 0 Å². The molecular formula is C15H27N. The van der Waals surface area contributed by atoms with Gasteiger partial charge in [0.05, 0.1) is 0 Å². The van der Waals surface area contributed by atoms with Crippen LogP contribution in [0.25, 0.3) is 0 Å². The van der Waals surface area contributed by atoms with Crippen molar-refractivity contribution in [2.45, 2.75) is 47.1 Å². The summed E-state index contributed by atoms with van der Waals surface area (Å²) in [4.78, 5) is 2.40. The maximum Gasteiger partial charge on any atom is 0.0243 e. The molecule has 1 fully saturated rings. The first kappa shape index (κ1) is 13.3. The van der Waals surface area contributed by atoms with E-state index in [2.05, 4.69) is 52.7 Å². The molecule has 1 saturated carbocycles. The Labute approximate surface area is 101 Å². The summed E-state index contributed by atoms with van der Waals surface area (Å²) >= 11 is 0. The zero-order valence-corrected chi connectivity index (χ0v) is 11.6. The van der Waals surface area contributed by atoms with E-state index in [1.165, 1.54) is 17.7 Å². The Morgan fingerprint density at radius 2 is 1.94 bits per heavy atom. The Morgan fingerprint density at radius 3 is 2.25 bits per heavy atom. The zero-order valence-electron chi connectivity index (χ0n) is 11.6. The van der Waals surface area contributed by atoms with Crippen molar-refractivity contribution in [1.29, 1.82) is 0 Å². The van der Waals surface area contributed by atoms with E-state index in [1.807, 2.05) is 0 Å². The van der Waals surface area contributed by atoms with Gasteiger partial charge >= 0.3 is 0 Å². The maximum absolute atomic E-state index is 4.26. The fourth-order valence-electron chi connectivity index (χ4n) is 2.69. The molecule has 0 N–H and O–H groups in total. The Kier molecular flexibility index (Phi) is 4.23. The first-order valence-corrected chi connectivity index (χ1v) is 6.45. The molecule has 1 aliphatic rings. The first-order valence-electron chi connectivity index (χ1n) is 6.45. The number of hydrogen-bond acceptors (Lipinski definition) is 1. The van der Waals surface area contributed by atoms with E-state index < -0.39 is 0 Å². The molecule has 1 aliphatic carbocycles. The average Bonchev–Trinajstić information content (AvgIpc) is 2.13. The topological polar surface area (TPSA) is 3.24 Å². The predicted octanol–water partition coefficient (Wildman–Crippen LogP) is 4.08. The minimum Gasteiger partial charge on any atom is -0.372 e.